The molecule has 2 atom stereocenters. The second-order valence-electron chi connectivity index (χ2n) is 7.66. The molecule has 0 bridgehead atoms. The molecule has 2 aromatic heterocycles. The summed E-state index contributed by atoms with van der Waals surface area (Å²) in [6.45, 7) is 4.29. The van der Waals surface area contributed by atoms with Gasteiger partial charge in [-0.05, 0) is 31.0 Å². The molecular weight excluding hydrogens is 383 g/mol. The van der Waals surface area contributed by atoms with Crippen molar-refractivity contribution in [1.82, 2.24) is 15.0 Å². The van der Waals surface area contributed by atoms with Crippen LogP contribution in [0.15, 0.2) is 42.7 Å². The minimum absolute atomic E-state index is 0.00856. The van der Waals surface area contributed by atoms with Crippen molar-refractivity contribution in [3.63, 3.8) is 0 Å². The first-order valence-electron chi connectivity index (χ1n) is 10.2. The Morgan fingerprint density at radius 1 is 1.17 bits per heavy atom. The summed E-state index contributed by atoms with van der Waals surface area (Å²) in [6.07, 6.45) is 3.68. The van der Waals surface area contributed by atoms with E-state index in [1.54, 1.807) is 6.20 Å². The number of pyridine rings is 1. The van der Waals surface area contributed by atoms with Crippen LogP contribution >= 0.6 is 0 Å². The molecule has 5 rings (SSSR count). The van der Waals surface area contributed by atoms with Crippen LogP contribution in [0.25, 0.3) is 11.4 Å². The fraction of sp³-hybridized carbons (Fsp3) is 0.318. The van der Waals surface area contributed by atoms with Gasteiger partial charge in [0.15, 0.2) is 17.5 Å². The first-order valence-corrected chi connectivity index (χ1v) is 10.2. The zero-order valence-electron chi connectivity index (χ0n) is 16.7. The number of ether oxygens (including phenoxy) is 1. The lowest BCUT2D eigenvalue weighted by atomic mass is 9.98. The van der Waals surface area contributed by atoms with E-state index in [1.807, 2.05) is 13.0 Å². The van der Waals surface area contributed by atoms with Crippen molar-refractivity contribution in [2.75, 3.05) is 35.6 Å². The summed E-state index contributed by atoms with van der Waals surface area (Å²) in [6, 6.07) is 9.80. The Bertz CT molecular complexity index is 1080. The van der Waals surface area contributed by atoms with E-state index >= 15 is 0 Å². The van der Waals surface area contributed by atoms with Crippen molar-refractivity contribution in [1.29, 1.82) is 0 Å². The number of halogens is 1. The summed E-state index contributed by atoms with van der Waals surface area (Å²) in [5.74, 6) is 2.24. The molecule has 7 nitrogen and oxygen atoms in total. The van der Waals surface area contributed by atoms with Gasteiger partial charge in [-0.3, -0.25) is 4.98 Å². The van der Waals surface area contributed by atoms with Crippen LogP contribution in [0.2, 0.25) is 0 Å². The summed E-state index contributed by atoms with van der Waals surface area (Å²) in [5.41, 5.74) is 3.08. The zero-order chi connectivity index (χ0) is 20.5. The Kier molecular flexibility index (Phi) is 4.82. The number of nitrogens with zero attached hydrogens (tertiary/aromatic N) is 3. The van der Waals surface area contributed by atoms with Crippen molar-refractivity contribution in [2.24, 2.45) is 0 Å². The third-order valence-corrected chi connectivity index (χ3v) is 5.43. The maximum atomic E-state index is 13.7. The van der Waals surface area contributed by atoms with Crippen molar-refractivity contribution in [3.05, 3.63) is 54.1 Å². The molecule has 4 heterocycles. The molecule has 0 saturated carbocycles. The van der Waals surface area contributed by atoms with Crippen LogP contribution in [-0.2, 0) is 0 Å². The van der Waals surface area contributed by atoms with E-state index in [2.05, 4.69) is 49.1 Å². The van der Waals surface area contributed by atoms with Crippen LogP contribution in [0, 0.1) is 5.82 Å². The second-order valence-corrected chi connectivity index (χ2v) is 7.66. The molecule has 30 heavy (non-hydrogen) atoms. The highest BCUT2D eigenvalue weighted by Crippen LogP contribution is 2.37. The summed E-state index contributed by atoms with van der Waals surface area (Å²) in [5, 5.41) is 10.2. The first-order chi connectivity index (χ1) is 14.7. The molecule has 2 aliphatic heterocycles. The first kappa shape index (κ1) is 18.6. The number of benzene rings is 1. The average Bonchev–Trinajstić information content (AvgIpc) is 3.17. The molecule has 0 amide bonds. The molecule has 0 spiro atoms. The van der Waals surface area contributed by atoms with Gasteiger partial charge in [0, 0.05) is 36.5 Å². The number of rotatable bonds is 5. The van der Waals surface area contributed by atoms with Crippen LogP contribution in [0.3, 0.4) is 0 Å². The van der Waals surface area contributed by atoms with Crippen LogP contribution in [0.4, 0.5) is 21.7 Å². The molecule has 0 aliphatic carbocycles. The van der Waals surface area contributed by atoms with E-state index in [9.17, 15) is 4.39 Å². The molecule has 0 fully saturated rings. The third-order valence-electron chi connectivity index (χ3n) is 5.43. The van der Waals surface area contributed by atoms with Crippen molar-refractivity contribution >= 4 is 17.3 Å². The van der Waals surface area contributed by atoms with Crippen LogP contribution in [0.5, 0.6) is 5.75 Å². The largest absolute Gasteiger partial charge is 0.482 e. The topological polar surface area (TPSA) is 84.0 Å². The predicted molar refractivity (Wildman–Crippen MR) is 115 cm³/mol. The standard InChI is InChI=1S/C22H23FN6O/c1-13-9-27-22-19(30-13)21(28-20(29-22)15-8-16(23)12-24-10-15)25-7-6-14-11-26-18-5-3-2-4-17(14)18/h2-5,8,10,12-14,26H,6-7,9,11H2,1H3,(H2,25,27,28,29)/t13-,14?/m1/s1. The molecule has 8 heteroatoms. The van der Waals surface area contributed by atoms with Gasteiger partial charge in [-0.25, -0.2) is 14.4 Å². The van der Waals surface area contributed by atoms with Gasteiger partial charge in [-0.15, -0.1) is 0 Å². The number of fused-ring (bicyclic) bond motifs is 2. The highest BCUT2D eigenvalue weighted by Gasteiger charge is 2.25. The number of hydrogen-bond acceptors (Lipinski definition) is 7. The Balaban J connectivity index is 1.39. The smallest absolute Gasteiger partial charge is 0.204 e. The summed E-state index contributed by atoms with van der Waals surface area (Å²) >= 11 is 0. The van der Waals surface area contributed by atoms with Gasteiger partial charge >= 0.3 is 0 Å². The number of aromatic nitrogens is 3. The molecule has 1 unspecified atom stereocenters. The maximum Gasteiger partial charge on any atom is 0.204 e. The summed E-state index contributed by atoms with van der Waals surface area (Å²) < 4.78 is 19.7. The van der Waals surface area contributed by atoms with Crippen LogP contribution in [-0.4, -0.2) is 40.7 Å². The summed E-state index contributed by atoms with van der Waals surface area (Å²) in [7, 11) is 0. The van der Waals surface area contributed by atoms with E-state index in [-0.39, 0.29) is 6.10 Å². The monoisotopic (exact) mass is 406 g/mol. The minimum Gasteiger partial charge on any atom is -0.482 e. The maximum absolute atomic E-state index is 13.7. The molecule has 0 radical (unpaired) electrons. The quantitative estimate of drug-likeness (QED) is 0.593. The average molecular weight is 406 g/mol. The molecule has 3 aromatic rings. The van der Waals surface area contributed by atoms with E-state index in [4.69, 9.17) is 4.74 Å². The van der Waals surface area contributed by atoms with Gasteiger partial charge in [-0.1, -0.05) is 18.2 Å². The highest BCUT2D eigenvalue weighted by atomic mass is 19.1. The molecule has 154 valence electrons. The fourth-order valence-electron chi connectivity index (χ4n) is 3.93. The van der Waals surface area contributed by atoms with Gasteiger partial charge in [0.05, 0.1) is 12.7 Å². The van der Waals surface area contributed by atoms with E-state index in [0.717, 1.165) is 25.7 Å². The fourth-order valence-corrected chi connectivity index (χ4v) is 3.93. The normalized spacial score (nSPS) is 19.1. The second kappa shape index (κ2) is 7.78. The highest BCUT2D eigenvalue weighted by molar-refractivity contribution is 5.70. The van der Waals surface area contributed by atoms with Crippen molar-refractivity contribution < 1.29 is 9.13 Å². The molecule has 2 aliphatic rings. The Morgan fingerprint density at radius 2 is 2.07 bits per heavy atom. The van der Waals surface area contributed by atoms with Gasteiger partial charge in [-0.2, -0.15) is 0 Å². The van der Waals surface area contributed by atoms with Gasteiger partial charge in [0.1, 0.15) is 11.9 Å². The van der Waals surface area contributed by atoms with Crippen LogP contribution < -0.4 is 20.7 Å². The lowest BCUT2D eigenvalue weighted by molar-refractivity contribution is 0.225. The Morgan fingerprint density at radius 3 is 2.97 bits per heavy atom. The third kappa shape index (κ3) is 3.60. The molecule has 0 saturated heterocycles. The van der Waals surface area contributed by atoms with Crippen molar-refractivity contribution in [3.8, 4) is 17.1 Å². The molecule has 1 aromatic carbocycles. The molecular formula is C22H23FN6O. The molecule has 3 N–H and O–H groups in total. The predicted octanol–water partition coefficient (Wildman–Crippen LogP) is 3.88. The van der Waals surface area contributed by atoms with Crippen molar-refractivity contribution in [2.45, 2.75) is 25.4 Å². The van der Waals surface area contributed by atoms with E-state index in [1.165, 1.54) is 17.3 Å². The van der Waals surface area contributed by atoms with Gasteiger partial charge in [0.25, 0.3) is 0 Å². The number of nitrogens with one attached hydrogen (secondary N) is 3. The lowest BCUT2D eigenvalue weighted by Gasteiger charge is -2.26. The number of anilines is 3. The lowest BCUT2D eigenvalue weighted by Crippen LogP contribution is -2.29. The van der Waals surface area contributed by atoms with E-state index < -0.39 is 5.82 Å². The van der Waals surface area contributed by atoms with Gasteiger partial charge in [0.2, 0.25) is 5.75 Å². The SMILES string of the molecule is C[C@@H]1CNc2nc(-c3cncc(F)c3)nc(NCCC3CNc4ccccc43)c2O1. The number of hydrogen-bond donors (Lipinski definition) is 3. The van der Waals surface area contributed by atoms with E-state index in [0.29, 0.717) is 41.2 Å². The summed E-state index contributed by atoms with van der Waals surface area (Å²) in [4.78, 5) is 13.1. The Labute approximate surface area is 174 Å². The number of para-hydroxylation sites is 1. The Hall–Kier alpha value is -3.42. The zero-order valence-corrected chi connectivity index (χ0v) is 16.7. The van der Waals surface area contributed by atoms with Gasteiger partial charge < -0.3 is 20.7 Å². The minimum atomic E-state index is -0.423. The van der Waals surface area contributed by atoms with Crippen LogP contribution in [0.1, 0.15) is 24.8 Å².